The predicted molar refractivity (Wildman–Crippen MR) is 84.5 cm³/mol. The van der Waals surface area contributed by atoms with Gasteiger partial charge in [-0.3, -0.25) is 0 Å². The summed E-state index contributed by atoms with van der Waals surface area (Å²) in [7, 11) is 2.05. The number of hydrogen-bond acceptors (Lipinski definition) is 4. The average molecular weight is 281 g/mol. The highest BCUT2D eigenvalue weighted by atomic mass is 15.1. The average Bonchev–Trinajstić information content (AvgIpc) is 2.76. The van der Waals surface area contributed by atoms with Gasteiger partial charge in [0.25, 0.3) is 0 Å². The van der Waals surface area contributed by atoms with Crippen LogP contribution in [0.15, 0.2) is 30.3 Å². The van der Waals surface area contributed by atoms with Crippen LogP contribution in [0.1, 0.15) is 24.1 Å². The fourth-order valence-corrected chi connectivity index (χ4v) is 2.48. The van der Waals surface area contributed by atoms with E-state index in [2.05, 4.69) is 25.9 Å². The predicted octanol–water partition coefficient (Wildman–Crippen LogP) is 2.69. The van der Waals surface area contributed by atoms with E-state index in [1.807, 2.05) is 45.2 Å². The van der Waals surface area contributed by atoms with Crippen LogP contribution in [-0.4, -0.2) is 26.1 Å². The van der Waals surface area contributed by atoms with E-state index in [1.165, 1.54) is 0 Å². The van der Waals surface area contributed by atoms with Crippen molar-refractivity contribution in [2.45, 2.75) is 20.3 Å². The van der Waals surface area contributed by atoms with Crippen LogP contribution in [0.3, 0.4) is 0 Å². The Hall–Kier alpha value is -2.43. The van der Waals surface area contributed by atoms with Crippen LogP contribution in [-0.2, 0) is 13.5 Å². The Bertz CT molecular complexity index is 775. The second-order valence-corrected chi connectivity index (χ2v) is 5.11. The van der Waals surface area contributed by atoms with Gasteiger partial charge in [-0.05, 0) is 32.0 Å². The van der Waals surface area contributed by atoms with Crippen molar-refractivity contribution in [3.63, 3.8) is 0 Å². The van der Waals surface area contributed by atoms with Gasteiger partial charge in [0.05, 0.1) is 16.7 Å². The van der Waals surface area contributed by atoms with E-state index >= 15 is 0 Å². The number of nitrogens with one attached hydrogen (secondary N) is 1. The first kappa shape index (κ1) is 13.5. The summed E-state index contributed by atoms with van der Waals surface area (Å²) in [6.45, 7) is 4.84. The van der Waals surface area contributed by atoms with Gasteiger partial charge in [-0.1, -0.05) is 12.1 Å². The van der Waals surface area contributed by atoms with E-state index in [0.717, 1.165) is 34.8 Å². The zero-order valence-corrected chi connectivity index (χ0v) is 12.6. The molecule has 1 aromatic carbocycles. The molecule has 0 aliphatic heterocycles. The van der Waals surface area contributed by atoms with Crippen molar-refractivity contribution in [2.24, 2.45) is 7.05 Å². The number of imidazole rings is 1. The molecule has 0 radical (unpaired) electrons. The molecule has 0 atom stereocenters. The number of hydrogen-bond donors (Lipinski definition) is 1. The number of para-hydroxylation sites is 2. The second-order valence-electron chi connectivity index (χ2n) is 5.11. The molecule has 0 bridgehead atoms. The number of fused-ring (bicyclic) bond motifs is 1. The van der Waals surface area contributed by atoms with Crippen LogP contribution in [0.4, 0.5) is 5.95 Å². The highest BCUT2D eigenvalue weighted by Gasteiger charge is 2.10. The maximum Gasteiger partial charge on any atom is 0.223 e. The number of nitrogens with zero attached hydrogens (tertiary/aromatic N) is 4. The summed E-state index contributed by atoms with van der Waals surface area (Å²) in [5, 5.41) is 3.17. The quantitative estimate of drug-likeness (QED) is 0.799. The topological polar surface area (TPSA) is 55.6 Å². The minimum Gasteiger partial charge on any atom is -0.354 e. The second kappa shape index (κ2) is 5.52. The molecule has 3 rings (SSSR count). The first-order valence-corrected chi connectivity index (χ1v) is 7.16. The smallest absolute Gasteiger partial charge is 0.223 e. The van der Waals surface area contributed by atoms with Crippen LogP contribution >= 0.6 is 0 Å². The van der Waals surface area contributed by atoms with Gasteiger partial charge < -0.3 is 9.88 Å². The van der Waals surface area contributed by atoms with Gasteiger partial charge in [-0.15, -0.1) is 0 Å². The van der Waals surface area contributed by atoms with Crippen LogP contribution in [0.2, 0.25) is 0 Å². The molecule has 3 aromatic rings. The summed E-state index contributed by atoms with van der Waals surface area (Å²) in [6, 6.07) is 10.2. The lowest BCUT2D eigenvalue weighted by Crippen LogP contribution is -2.07. The van der Waals surface area contributed by atoms with Crippen molar-refractivity contribution < 1.29 is 0 Å². The molecular weight excluding hydrogens is 262 g/mol. The molecule has 0 saturated carbocycles. The molecule has 0 fully saturated rings. The molecule has 0 unspecified atom stereocenters. The number of aromatic nitrogens is 4. The number of rotatable bonds is 4. The fraction of sp³-hybridized carbons (Fsp3) is 0.312. The largest absolute Gasteiger partial charge is 0.354 e. The lowest BCUT2D eigenvalue weighted by molar-refractivity contribution is 0.827. The molecule has 0 amide bonds. The summed E-state index contributed by atoms with van der Waals surface area (Å²) in [5.41, 5.74) is 4.12. The van der Waals surface area contributed by atoms with Crippen LogP contribution in [0, 0.1) is 6.92 Å². The zero-order valence-electron chi connectivity index (χ0n) is 12.6. The Kier molecular flexibility index (Phi) is 3.56. The minimum atomic E-state index is 0.686. The normalized spacial score (nSPS) is 11.0. The van der Waals surface area contributed by atoms with Crippen molar-refractivity contribution in [1.82, 2.24) is 19.5 Å². The maximum absolute atomic E-state index is 4.70. The fourth-order valence-electron chi connectivity index (χ4n) is 2.48. The van der Waals surface area contributed by atoms with Gasteiger partial charge in [0, 0.05) is 25.7 Å². The van der Waals surface area contributed by atoms with E-state index in [0.29, 0.717) is 12.4 Å². The van der Waals surface area contributed by atoms with E-state index in [9.17, 15) is 0 Å². The van der Waals surface area contributed by atoms with Crippen LogP contribution in [0.25, 0.3) is 11.0 Å². The SMILES string of the molecule is CCNc1nc(C)cc(Cc2nc3ccccc3n2C)n1. The third kappa shape index (κ3) is 2.72. The van der Waals surface area contributed by atoms with Gasteiger partial charge in [-0.25, -0.2) is 15.0 Å². The van der Waals surface area contributed by atoms with Crippen molar-refractivity contribution in [2.75, 3.05) is 11.9 Å². The Balaban J connectivity index is 1.96. The van der Waals surface area contributed by atoms with Gasteiger partial charge >= 0.3 is 0 Å². The summed E-state index contributed by atoms with van der Waals surface area (Å²) in [4.78, 5) is 13.6. The zero-order chi connectivity index (χ0) is 14.8. The van der Waals surface area contributed by atoms with E-state index < -0.39 is 0 Å². The van der Waals surface area contributed by atoms with E-state index in [1.54, 1.807) is 0 Å². The Morgan fingerprint density at radius 3 is 2.71 bits per heavy atom. The molecule has 2 aromatic heterocycles. The Labute approximate surface area is 124 Å². The molecule has 0 saturated heterocycles. The van der Waals surface area contributed by atoms with Crippen LogP contribution in [0.5, 0.6) is 0 Å². The third-order valence-electron chi connectivity index (χ3n) is 3.46. The summed E-state index contributed by atoms with van der Waals surface area (Å²) < 4.78 is 2.12. The van der Waals surface area contributed by atoms with Crippen molar-refractivity contribution in [3.05, 3.63) is 47.5 Å². The van der Waals surface area contributed by atoms with Gasteiger partial charge in [0.15, 0.2) is 0 Å². The molecule has 21 heavy (non-hydrogen) atoms. The lowest BCUT2D eigenvalue weighted by atomic mass is 10.2. The van der Waals surface area contributed by atoms with Gasteiger partial charge in [0.2, 0.25) is 5.95 Å². The van der Waals surface area contributed by atoms with Crippen molar-refractivity contribution >= 4 is 17.0 Å². The van der Waals surface area contributed by atoms with E-state index in [-0.39, 0.29) is 0 Å². The summed E-state index contributed by atoms with van der Waals surface area (Å²) in [5.74, 6) is 1.70. The molecule has 1 N–H and O–H groups in total. The third-order valence-corrected chi connectivity index (χ3v) is 3.46. The standard InChI is InChI=1S/C16H19N5/c1-4-17-16-18-11(2)9-12(19-16)10-15-20-13-7-5-6-8-14(13)21(15)3/h5-9H,4,10H2,1-3H3,(H,17,18,19). The monoisotopic (exact) mass is 281 g/mol. The molecule has 0 spiro atoms. The van der Waals surface area contributed by atoms with Gasteiger partial charge in [-0.2, -0.15) is 0 Å². The Morgan fingerprint density at radius 2 is 1.95 bits per heavy atom. The Morgan fingerprint density at radius 1 is 1.14 bits per heavy atom. The molecule has 2 heterocycles. The number of aryl methyl sites for hydroxylation is 2. The number of anilines is 1. The van der Waals surface area contributed by atoms with Crippen molar-refractivity contribution in [1.29, 1.82) is 0 Å². The molecule has 5 heteroatoms. The molecule has 108 valence electrons. The molecule has 5 nitrogen and oxygen atoms in total. The highest BCUT2D eigenvalue weighted by molar-refractivity contribution is 5.75. The highest BCUT2D eigenvalue weighted by Crippen LogP contribution is 2.17. The summed E-state index contributed by atoms with van der Waals surface area (Å²) in [6.07, 6.45) is 0.701. The molecular formula is C16H19N5. The first-order chi connectivity index (χ1) is 10.2. The summed E-state index contributed by atoms with van der Waals surface area (Å²) >= 11 is 0. The lowest BCUT2D eigenvalue weighted by Gasteiger charge is -2.07. The number of benzene rings is 1. The van der Waals surface area contributed by atoms with Crippen LogP contribution < -0.4 is 5.32 Å². The molecule has 0 aliphatic carbocycles. The molecule has 0 aliphatic rings. The van der Waals surface area contributed by atoms with E-state index in [4.69, 9.17) is 4.98 Å². The van der Waals surface area contributed by atoms with Crippen molar-refractivity contribution in [3.8, 4) is 0 Å². The minimum absolute atomic E-state index is 0.686. The first-order valence-electron chi connectivity index (χ1n) is 7.16. The van der Waals surface area contributed by atoms with Gasteiger partial charge in [0.1, 0.15) is 5.82 Å². The maximum atomic E-state index is 4.70.